The van der Waals surface area contributed by atoms with Crippen molar-refractivity contribution in [2.45, 2.75) is 56.4 Å². The van der Waals surface area contributed by atoms with Crippen molar-refractivity contribution in [3.63, 3.8) is 0 Å². The molecule has 6 heteroatoms. The topological polar surface area (TPSA) is 77.4 Å². The molecule has 6 nitrogen and oxygen atoms in total. The summed E-state index contributed by atoms with van der Waals surface area (Å²) in [6.45, 7) is 3.82. The van der Waals surface area contributed by atoms with Crippen molar-refractivity contribution in [1.29, 1.82) is 0 Å². The second-order valence-electron chi connectivity index (χ2n) is 6.58. The molecule has 1 aromatic rings. The summed E-state index contributed by atoms with van der Waals surface area (Å²) in [4.78, 5) is 0. The minimum absolute atomic E-state index is 0.126. The summed E-state index contributed by atoms with van der Waals surface area (Å²) in [5.74, 6) is 0.450. The number of ether oxygens (including phenoxy) is 4. The molecule has 5 atom stereocenters. The molecule has 2 N–H and O–H groups in total. The third-order valence-electron chi connectivity index (χ3n) is 4.61. The van der Waals surface area contributed by atoms with Crippen LogP contribution < -0.4 is 9.47 Å². The molecule has 0 radical (unpaired) electrons. The zero-order valence-electron chi connectivity index (χ0n) is 12.6. The Balaban J connectivity index is 1.69. The van der Waals surface area contributed by atoms with Crippen LogP contribution in [-0.4, -0.2) is 47.2 Å². The van der Waals surface area contributed by atoms with E-state index < -0.39 is 30.2 Å². The van der Waals surface area contributed by atoms with Crippen LogP contribution in [0.1, 0.15) is 31.7 Å². The fraction of sp³-hybridized carbons (Fsp3) is 0.625. The first-order chi connectivity index (χ1) is 10.4. The predicted molar refractivity (Wildman–Crippen MR) is 75.8 cm³/mol. The van der Waals surface area contributed by atoms with E-state index in [0.29, 0.717) is 17.9 Å². The molecule has 0 spiro atoms. The lowest BCUT2D eigenvalue weighted by Gasteiger charge is -2.52. The molecular weight excluding hydrogens is 288 g/mol. The van der Waals surface area contributed by atoms with Crippen molar-refractivity contribution >= 4 is 0 Å². The highest BCUT2D eigenvalue weighted by atomic mass is 16.7. The molecule has 1 unspecified atom stereocenters. The van der Waals surface area contributed by atoms with Gasteiger partial charge in [0, 0.05) is 5.92 Å². The number of fused-ring (bicyclic) bond motifs is 3. The van der Waals surface area contributed by atoms with Crippen molar-refractivity contribution in [3.8, 4) is 11.5 Å². The van der Waals surface area contributed by atoms with E-state index in [0.717, 1.165) is 5.56 Å². The van der Waals surface area contributed by atoms with Crippen molar-refractivity contribution in [1.82, 2.24) is 0 Å². The van der Waals surface area contributed by atoms with Crippen LogP contribution in [0, 0.1) is 0 Å². The van der Waals surface area contributed by atoms with Gasteiger partial charge >= 0.3 is 0 Å². The Bertz CT molecular complexity index is 586. The second-order valence-corrected chi connectivity index (χ2v) is 6.58. The average molecular weight is 308 g/mol. The third-order valence-corrected chi connectivity index (χ3v) is 4.61. The number of benzene rings is 1. The lowest BCUT2D eigenvalue weighted by atomic mass is 9.76. The number of aliphatic hydroxyl groups excluding tert-OH is 2. The highest BCUT2D eigenvalue weighted by Gasteiger charge is 2.53. The summed E-state index contributed by atoms with van der Waals surface area (Å²) in [6, 6.07) is 5.69. The van der Waals surface area contributed by atoms with E-state index in [-0.39, 0.29) is 12.7 Å². The Hall–Kier alpha value is -1.34. The maximum Gasteiger partial charge on any atom is 0.231 e. The molecule has 1 saturated heterocycles. The Morgan fingerprint density at radius 2 is 1.77 bits per heavy atom. The van der Waals surface area contributed by atoms with E-state index in [9.17, 15) is 10.2 Å². The van der Waals surface area contributed by atoms with Crippen LogP contribution >= 0.6 is 0 Å². The van der Waals surface area contributed by atoms with Crippen LogP contribution in [0.5, 0.6) is 11.5 Å². The minimum Gasteiger partial charge on any atom is -0.454 e. The molecule has 0 amide bonds. The van der Waals surface area contributed by atoms with Crippen molar-refractivity contribution in [2.24, 2.45) is 0 Å². The summed E-state index contributed by atoms with van der Waals surface area (Å²) in [7, 11) is 0. The molecule has 2 aliphatic heterocycles. The smallest absolute Gasteiger partial charge is 0.231 e. The number of hydrogen-bond acceptors (Lipinski definition) is 6. The van der Waals surface area contributed by atoms with Gasteiger partial charge in [-0.2, -0.15) is 0 Å². The van der Waals surface area contributed by atoms with Crippen molar-refractivity contribution in [3.05, 3.63) is 23.8 Å². The molecule has 1 aromatic carbocycles. The van der Waals surface area contributed by atoms with Crippen LogP contribution in [0.25, 0.3) is 0 Å². The largest absolute Gasteiger partial charge is 0.454 e. The average Bonchev–Trinajstić information content (AvgIpc) is 2.92. The number of rotatable bonds is 1. The van der Waals surface area contributed by atoms with Gasteiger partial charge in [-0.05, 0) is 38.0 Å². The summed E-state index contributed by atoms with van der Waals surface area (Å²) in [6.07, 6.45) is -2.14. The fourth-order valence-electron chi connectivity index (χ4n) is 3.63. The summed E-state index contributed by atoms with van der Waals surface area (Å²) in [5.41, 5.74) is 0.962. The van der Waals surface area contributed by atoms with Gasteiger partial charge in [-0.15, -0.1) is 0 Å². The van der Waals surface area contributed by atoms with Crippen LogP contribution in [0.2, 0.25) is 0 Å². The molecule has 2 fully saturated rings. The van der Waals surface area contributed by atoms with E-state index >= 15 is 0 Å². The minimum atomic E-state index is -0.854. The first kappa shape index (κ1) is 14.3. The fourth-order valence-corrected chi connectivity index (χ4v) is 3.63. The quantitative estimate of drug-likeness (QED) is 0.810. The Labute approximate surface area is 128 Å². The first-order valence-electron chi connectivity index (χ1n) is 7.56. The van der Waals surface area contributed by atoms with Crippen LogP contribution in [-0.2, 0) is 9.47 Å². The van der Waals surface area contributed by atoms with E-state index in [1.165, 1.54) is 0 Å². The highest BCUT2D eigenvalue weighted by Crippen LogP contribution is 2.45. The number of hydrogen-bond donors (Lipinski definition) is 2. The third kappa shape index (κ3) is 2.18. The summed E-state index contributed by atoms with van der Waals surface area (Å²) >= 11 is 0. The molecule has 1 saturated carbocycles. The molecule has 22 heavy (non-hydrogen) atoms. The van der Waals surface area contributed by atoms with Gasteiger partial charge in [0.1, 0.15) is 12.2 Å². The van der Waals surface area contributed by atoms with Gasteiger partial charge in [-0.1, -0.05) is 6.07 Å². The van der Waals surface area contributed by atoms with Gasteiger partial charge < -0.3 is 29.2 Å². The maximum atomic E-state index is 10.5. The molecule has 3 aliphatic rings. The SMILES string of the molecule is CC1(C)O[C@@H]2[C@H](O)[C@H](O1)C(c1ccc3c(c1)OCO3)C[C@@H]2O. The monoisotopic (exact) mass is 308 g/mol. The molecule has 1 aliphatic carbocycles. The zero-order valence-corrected chi connectivity index (χ0v) is 12.6. The maximum absolute atomic E-state index is 10.5. The van der Waals surface area contributed by atoms with Gasteiger partial charge in [0.05, 0.1) is 12.2 Å². The van der Waals surface area contributed by atoms with E-state index in [1.807, 2.05) is 18.2 Å². The highest BCUT2D eigenvalue weighted by molar-refractivity contribution is 5.46. The van der Waals surface area contributed by atoms with E-state index in [2.05, 4.69) is 0 Å². The molecule has 2 heterocycles. The predicted octanol–water partition coefficient (Wildman–Crippen LogP) is 1.14. The Morgan fingerprint density at radius 1 is 1.05 bits per heavy atom. The van der Waals surface area contributed by atoms with Gasteiger partial charge in [-0.25, -0.2) is 0 Å². The van der Waals surface area contributed by atoms with Crippen molar-refractivity contribution in [2.75, 3.05) is 6.79 Å². The lowest BCUT2D eigenvalue weighted by molar-refractivity contribution is -0.362. The normalized spacial score (nSPS) is 38.8. The van der Waals surface area contributed by atoms with Crippen LogP contribution in [0.3, 0.4) is 0 Å². The van der Waals surface area contributed by atoms with Gasteiger partial charge in [0.15, 0.2) is 17.3 Å². The Morgan fingerprint density at radius 3 is 2.59 bits per heavy atom. The zero-order chi connectivity index (χ0) is 15.5. The van der Waals surface area contributed by atoms with Crippen LogP contribution in [0.15, 0.2) is 18.2 Å². The standard InChI is InChI=1S/C16H20O6/c1-16(2)21-14-9(6-10(17)15(22-16)13(14)18)8-3-4-11-12(5-8)20-7-19-11/h3-5,9-10,13-15,17-18H,6-7H2,1-2H3/t9?,10-,13+,14+,15-/m0/s1. The molecule has 120 valence electrons. The van der Waals surface area contributed by atoms with Crippen molar-refractivity contribution < 1.29 is 29.2 Å². The first-order valence-corrected chi connectivity index (χ1v) is 7.56. The summed E-state index contributed by atoms with van der Waals surface area (Å²) < 4.78 is 22.3. The molecule has 2 bridgehead atoms. The Kier molecular flexibility index (Phi) is 3.13. The van der Waals surface area contributed by atoms with Gasteiger partial charge in [0.25, 0.3) is 0 Å². The molecular formula is C16H20O6. The van der Waals surface area contributed by atoms with Gasteiger partial charge in [0.2, 0.25) is 6.79 Å². The van der Waals surface area contributed by atoms with E-state index in [1.54, 1.807) is 13.8 Å². The lowest BCUT2D eigenvalue weighted by Crippen LogP contribution is -2.63. The second kappa shape index (κ2) is 4.83. The van der Waals surface area contributed by atoms with Gasteiger partial charge in [-0.3, -0.25) is 0 Å². The van der Waals surface area contributed by atoms with E-state index in [4.69, 9.17) is 18.9 Å². The number of aliphatic hydroxyl groups is 2. The molecule has 0 aromatic heterocycles. The van der Waals surface area contributed by atoms with Crippen LogP contribution in [0.4, 0.5) is 0 Å². The summed E-state index contributed by atoms with van der Waals surface area (Å²) in [5, 5.41) is 20.8. The molecule has 4 rings (SSSR count).